The molecule has 0 saturated carbocycles. The van der Waals surface area contributed by atoms with Crippen LogP contribution < -0.4 is 15.2 Å². The molecule has 2 aromatic carbocycles. The molecule has 2 aromatic heterocycles. The average molecular weight is 1020 g/mol. The summed E-state index contributed by atoms with van der Waals surface area (Å²) in [4.78, 5) is 19.6. The number of benzene rings is 2. The molecule has 21 heteroatoms. The molecule has 0 unspecified atom stereocenters. The number of esters is 1. The van der Waals surface area contributed by atoms with Crippen LogP contribution in [0.4, 0.5) is 35.1 Å². The van der Waals surface area contributed by atoms with E-state index in [1.165, 1.54) is 18.8 Å². The van der Waals surface area contributed by atoms with Crippen molar-refractivity contribution in [3.05, 3.63) is 91.4 Å². The van der Waals surface area contributed by atoms with Crippen molar-refractivity contribution in [2.24, 2.45) is 19.8 Å². The molecule has 0 bridgehead atoms. The molecule has 58 heavy (non-hydrogen) atoms. The molecule has 2 heterocycles. The molecule has 11 nitrogen and oxygen atoms in total. The van der Waals surface area contributed by atoms with E-state index in [2.05, 4.69) is 20.2 Å². The Kier molecular flexibility index (Phi) is 22.1. The Bertz CT molecular complexity index is 1910. The zero-order valence-electron chi connectivity index (χ0n) is 32.5. The molecule has 0 atom stereocenters. The van der Waals surface area contributed by atoms with Crippen molar-refractivity contribution in [1.29, 1.82) is 0 Å². The van der Waals surface area contributed by atoms with E-state index in [9.17, 15) is 39.9 Å². The van der Waals surface area contributed by atoms with Crippen molar-refractivity contribution in [3.63, 3.8) is 0 Å². The van der Waals surface area contributed by atoms with E-state index in [1.54, 1.807) is 69.3 Å². The summed E-state index contributed by atoms with van der Waals surface area (Å²) in [5.41, 5.74) is 6.42. The van der Waals surface area contributed by atoms with E-state index in [4.69, 9.17) is 19.9 Å². The van der Waals surface area contributed by atoms with Crippen molar-refractivity contribution >= 4 is 18.4 Å². The zero-order valence-corrected chi connectivity index (χ0v) is 36.2. The number of aromatic nitrogens is 6. The van der Waals surface area contributed by atoms with Gasteiger partial charge in [-0.15, -0.1) is 12.4 Å². The molecular formula is C37H45ClF8N7O4W-. The summed E-state index contributed by atoms with van der Waals surface area (Å²) in [6.07, 6.45) is -10.1. The van der Waals surface area contributed by atoms with Crippen LogP contribution in [0.25, 0.3) is 22.8 Å². The molecule has 4 rings (SSSR count). The third kappa shape index (κ3) is 18.9. The molecule has 0 spiro atoms. The first kappa shape index (κ1) is 53.6. The fourth-order valence-corrected chi connectivity index (χ4v) is 4.52. The minimum Gasteiger partial charge on any atom is -0.489 e. The Morgan fingerprint density at radius 3 is 1.71 bits per heavy atom. The molecule has 0 fully saturated rings. The first-order chi connectivity index (χ1) is 25.7. The molecule has 322 valence electrons. The van der Waals surface area contributed by atoms with Gasteiger partial charge < -0.3 is 27.4 Å². The summed E-state index contributed by atoms with van der Waals surface area (Å²) < 4.78 is 119. The Morgan fingerprint density at radius 1 is 0.741 bits per heavy atom. The van der Waals surface area contributed by atoms with Gasteiger partial charge in [0.2, 0.25) is 0 Å². The zero-order chi connectivity index (χ0) is 41.0. The molecular weight excluding hydrogens is 978 g/mol. The molecule has 0 aliphatic rings. The van der Waals surface area contributed by atoms with Crippen LogP contribution in [0.5, 0.6) is 11.5 Å². The fourth-order valence-electron chi connectivity index (χ4n) is 4.52. The normalized spacial score (nSPS) is 12.0. The van der Waals surface area contributed by atoms with Gasteiger partial charge in [0.1, 0.15) is 49.0 Å². The standard InChI is InChI=1S/C21H25F4N3O3.C15H16F4N4O.CH3.ClH.W/c1-20(2,3)31-18(29)10-5-14(12-22)13-30-16-8-6-15(7-9-16)19-26-17(27-28(19)4)11-21(23,24)25;1-23-13(6-15(17,18)19)21-14(22-23)11-2-4-12(5-3-11)24-9-10(7-16)8-20;;;/h6-9,12H,5,10-11,13H2,1-4H3;2-5,7H,6,8-9,20H2,1H3;1H3;1H;/q;;-1;;/b14-12+;10-7+;;;. The largest absolute Gasteiger partial charge is 0.489 e. The Balaban J connectivity index is 0.00000109. The maximum atomic E-state index is 13.1. The van der Waals surface area contributed by atoms with Crippen molar-refractivity contribution in [1.82, 2.24) is 29.5 Å². The minimum atomic E-state index is -4.39. The van der Waals surface area contributed by atoms with Gasteiger partial charge in [-0.2, -0.15) is 36.5 Å². The van der Waals surface area contributed by atoms with Gasteiger partial charge in [0.15, 0.2) is 17.5 Å². The van der Waals surface area contributed by atoms with E-state index in [-0.39, 0.29) is 96.8 Å². The van der Waals surface area contributed by atoms with Gasteiger partial charge in [0, 0.05) is 64.8 Å². The SMILES string of the molecule is Cl.Cn1nc(-c2ccc(OC/C(=C/F)CN)cc2)nc1CC(F)(F)F.Cn1nc(CC(F)(F)F)nc1-c1ccc(OC/C(=C/F)CCC(=O)OC(C)(C)C)cc1.[CH3-].[W]. The number of nitrogens with two attached hydrogens (primary N) is 1. The second kappa shape index (κ2) is 23.9. The van der Waals surface area contributed by atoms with E-state index >= 15 is 0 Å². The summed E-state index contributed by atoms with van der Waals surface area (Å²) >= 11 is 0. The fraction of sp³-hybridized carbons (Fsp3) is 0.405. The van der Waals surface area contributed by atoms with Crippen LogP contribution in [0.1, 0.15) is 45.3 Å². The predicted molar refractivity (Wildman–Crippen MR) is 200 cm³/mol. The van der Waals surface area contributed by atoms with E-state index < -0.39 is 36.8 Å². The van der Waals surface area contributed by atoms with E-state index in [1.807, 2.05) is 0 Å². The number of hydrogen-bond acceptors (Lipinski definition) is 9. The number of alkyl halides is 6. The third-order valence-electron chi connectivity index (χ3n) is 7.09. The summed E-state index contributed by atoms with van der Waals surface area (Å²) in [5.74, 6) is 0.467. The molecule has 0 aliphatic carbocycles. The smallest absolute Gasteiger partial charge is 0.396 e. The van der Waals surface area contributed by atoms with Crippen molar-refractivity contribution in [3.8, 4) is 34.3 Å². The van der Waals surface area contributed by atoms with Crippen molar-refractivity contribution in [2.45, 2.75) is 64.4 Å². The summed E-state index contributed by atoms with van der Waals surface area (Å²) in [5, 5.41) is 7.77. The third-order valence-corrected chi connectivity index (χ3v) is 7.09. The number of rotatable bonds is 14. The summed E-state index contributed by atoms with van der Waals surface area (Å²) in [6, 6.07) is 12.9. The van der Waals surface area contributed by atoms with Crippen LogP contribution in [-0.2, 0) is 57.5 Å². The second-order valence-corrected chi connectivity index (χ2v) is 13.0. The van der Waals surface area contributed by atoms with Crippen LogP contribution in [0.3, 0.4) is 0 Å². The Hall–Kier alpha value is -4.35. The first-order valence-electron chi connectivity index (χ1n) is 16.6. The van der Waals surface area contributed by atoms with Crippen molar-refractivity contribution in [2.75, 3.05) is 19.8 Å². The quantitative estimate of drug-likeness (QED) is 0.0750. The molecule has 0 saturated heterocycles. The first-order valence-corrected chi connectivity index (χ1v) is 16.6. The summed E-state index contributed by atoms with van der Waals surface area (Å²) in [7, 11) is 2.92. The molecule has 0 radical (unpaired) electrons. The molecule has 0 amide bonds. The van der Waals surface area contributed by atoms with Crippen LogP contribution in [0.15, 0.2) is 72.3 Å². The summed E-state index contributed by atoms with van der Waals surface area (Å²) in [6.45, 7) is 5.27. The molecule has 2 N–H and O–H groups in total. The number of ether oxygens (including phenoxy) is 3. The number of carbonyl (C=O) groups is 1. The Labute approximate surface area is 351 Å². The van der Waals surface area contributed by atoms with Gasteiger partial charge >= 0.3 is 18.3 Å². The van der Waals surface area contributed by atoms with Gasteiger partial charge in [0.05, 0.1) is 12.7 Å². The topological polar surface area (TPSA) is 132 Å². The van der Waals surface area contributed by atoms with Gasteiger partial charge in [0.25, 0.3) is 0 Å². The average Bonchev–Trinajstić information content (AvgIpc) is 3.63. The number of aryl methyl sites for hydroxylation is 2. The van der Waals surface area contributed by atoms with Crippen LogP contribution >= 0.6 is 12.4 Å². The van der Waals surface area contributed by atoms with Gasteiger partial charge in [-0.25, -0.2) is 23.4 Å². The van der Waals surface area contributed by atoms with Crippen LogP contribution in [0, 0.1) is 7.43 Å². The van der Waals surface area contributed by atoms with Gasteiger partial charge in [-0.1, -0.05) is 0 Å². The molecule has 0 aliphatic heterocycles. The molecule has 4 aromatic rings. The van der Waals surface area contributed by atoms with Crippen LogP contribution in [-0.4, -0.2) is 73.2 Å². The van der Waals surface area contributed by atoms with E-state index in [0.29, 0.717) is 46.4 Å². The van der Waals surface area contributed by atoms with Gasteiger partial charge in [-0.3, -0.25) is 9.48 Å². The monoisotopic (exact) mass is 1020 g/mol. The number of carbonyl (C=O) groups excluding carboxylic acids is 1. The number of nitrogens with zero attached hydrogens (tertiary/aromatic N) is 6. The van der Waals surface area contributed by atoms with Crippen molar-refractivity contribution < 1.29 is 75.2 Å². The maximum Gasteiger partial charge on any atom is 0.396 e. The van der Waals surface area contributed by atoms with Crippen LogP contribution in [0.2, 0.25) is 0 Å². The van der Waals surface area contributed by atoms with Gasteiger partial charge in [-0.05, 0) is 81.3 Å². The second-order valence-electron chi connectivity index (χ2n) is 13.0. The number of halogens is 9. The number of hydrogen-bond donors (Lipinski definition) is 1. The predicted octanol–water partition coefficient (Wildman–Crippen LogP) is 8.59. The Morgan fingerprint density at radius 2 is 1.24 bits per heavy atom. The minimum absolute atomic E-state index is 0. The van der Waals surface area contributed by atoms with E-state index in [0.717, 1.165) is 4.68 Å². The maximum absolute atomic E-state index is 13.1.